The smallest absolute Gasteiger partial charge is 0.324 e. The van der Waals surface area contributed by atoms with Crippen LogP contribution < -0.4 is 20.9 Å². The van der Waals surface area contributed by atoms with E-state index < -0.39 is 17.4 Å². The highest BCUT2D eigenvalue weighted by Gasteiger charge is 2.28. The van der Waals surface area contributed by atoms with Crippen molar-refractivity contribution in [3.05, 3.63) is 94.9 Å². The number of amides is 2. The van der Waals surface area contributed by atoms with Gasteiger partial charge in [0.05, 0.1) is 23.3 Å². The number of para-hydroxylation sites is 1. The number of pyridine rings is 1. The largest absolute Gasteiger partial charge is 0.455 e. The van der Waals surface area contributed by atoms with Crippen molar-refractivity contribution >= 4 is 28.7 Å². The second kappa shape index (κ2) is 9.19. The quantitative estimate of drug-likeness (QED) is 0.304. The Bertz CT molecular complexity index is 1680. The Morgan fingerprint density at radius 2 is 1.89 bits per heavy atom. The van der Waals surface area contributed by atoms with Crippen LogP contribution in [0.4, 0.5) is 20.7 Å². The summed E-state index contributed by atoms with van der Waals surface area (Å²) in [5.41, 5.74) is 1.87. The molecule has 0 spiro atoms. The van der Waals surface area contributed by atoms with Crippen molar-refractivity contribution in [3.8, 4) is 17.2 Å². The van der Waals surface area contributed by atoms with Crippen molar-refractivity contribution in [2.75, 3.05) is 10.6 Å². The van der Waals surface area contributed by atoms with Gasteiger partial charge in [0.15, 0.2) is 11.4 Å². The molecule has 3 N–H and O–H groups in total. The van der Waals surface area contributed by atoms with Crippen LogP contribution in [0, 0.1) is 5.82 Å². The number of H-pyrrole nitrogens is 1. The summed E-state index contributed by atoms with van der Waals surface area (Å²) >= 11 is 0. The van der Waals surface area contributed by atoms with E-state index in [0.717, 1.165) is 36.5 Å². The first-order chi connectivity index (χ1) is 18.0. The zero-order valence-electron chi connectivity index (χ0n) is 19.3. The highest BCUT2D eigenvalue weighted by Crippen LogP contribution is 2.40. The predicted molar refractivity (Wildman–Crippen MR) is 135 cm³/mol. The van der Waals surface area contributed by atoms with Crippen LogP contribution >= 0.6 is 0 Å². The van der Waals surface area contributed by atoms with E-state index in [1.54, 1.807) is 10.7 Å². The summed E-state index contributed by atoms with van der Waals surface area (Å²) in [4.78, 5) is 34.9. The molecule has 37 heavy (non-hydrogen) atoms. The van der Waals surface area contributed by atoms with E-state index in [4.69, 9.17) is 4.74 Å². The maximum Gasteiger partial charge on any atom is 0.324 e. The molecule has 0 radical (unpaired) electrons. The third kappa shape index (κ3) is 4.74. The number of fused-ring (bicyclic) bond motifs is 1. The van der Waals surface area contributed by atoms with Gasteiger partial charge in [-0.05, 0) is 37.1 Å². The van der Waals surface area contributed by atoms with Crippen LogP contribution in [0.2, 0.25) is 0 Å². The summed E-state index contributed by atoms with van der Waals surface area (Å²) in [6.45, 7) is 0. The fourth-order valence-corrected chi connectivity index (χ4v) is 3.90. The number of aromatic nitrogens is 5. The van der Waals surface area contributed by atoms with E-state index in [1.807, 2.05) is 36.4 Å². The van der Waals surface area contributed by atoms with Crippen LogP contribution in [0.15, 0.2) is 77.9 Å². The van der Waals surface area contributed by atoms with E-state index >= 15 is 0 Å². The number of rotatable bonds is 6. The van der Waals surface area contributed by atoms with Crippen molar-refractivity contribution < 1.29 is 13.9 Å². The van der Waals surface area contributed by atoms with Gasteiger partial charge in [0, 0.05) is 30.3 Å². The molecule has 184 valence electrons. The summed E-state index contributed by atoms with van der Waals surface area (Å²) in [5, 5.41) is 9.96. The summed E-state index contributed by atoms with van der Waals surface area (Å²) in [6, 6.07) is 16.3. The number of anilines is 2. The van der Waals surface area contributed by atoms with Crippen LogP contribution in [0.1, 0.15) is 24.5 Å². The van der Waals surface area contributed by atoms with Crippen molar-refractivity contribution in [2.24, 2.45) is 0 Å². The molecular weight excluding hydrogens is 477 g/mol. The van der Waals surface area contributed by atoms with Gasteiger partial charge in [0.2, 0.25) is 0 Å². The average Bonchev–Trinajstić information content (AvgIpc) is 3.66. The predicted octanol–water partition coefficient (Wildman–Crippen LogP) is 4.96. The van der Waals surface area contributed by atoms with Crippen molar-refractivity contribution in [1.82, 2.24) is 24.7 Å². The van der Waals surface area contributed by atoms with Gasteiger partial charge in [-0.15, -0.1) is 0 Å². The molecule has 0 saturated heterocycles. The van der Waals surface area contributed by atoms with Gasteiger partial charge < -0.3 is 15.0 Å². The van der Waals surface area contributed by atoms with Crippen LogP contribution in [-0.2, 0) is 0 Å². The number of urea groups is 1. The van der Waals surface area contributed by atoms with Crippen molar-refractivity contribution in [2.45, 2.75) is 18.8 Å². The lowest BCUT2D eigenvalue weighted by atomic mass is 10.3. The first-order valence-electron chi connectivity index (χ1n) is 11.6. The van der Waals surface area contributed by atoms with Crippen molar-refractivity contribution in [1.29, 1.82) is 0 Å². The Kier molecular flexibility index (Phi) is 5.56. The van der Waals surface area contributed by atoms with E-state index in [1.165, 1.54) is 18.3 Å². The molecule has 11 heteroatoms. The molecule has 2 amide bonds. The van der Waals surface area contributed by atoms with Gasteiger partial charge in [-0.1, -0.05) is 18.2 Å². The van der Waals surface area contributed by atoms with Gasteiger partial charge in [-0.25, -0.2) is 23.8 Å². The van der Waals surface area contributed by atoms with Crippen LogP contribution in [0.25, 0.3) is 16.9 Å². The molecule has 10 nitrogen and oxygen atoms in total. The molecule has 1 aliphatic rings. The number of hydrogen-bond donors (Lipinski definition) is 3. The van der Waals surface area contributed by atoms with Crippen molar-refractivity contribution in [3.63, 3.8) is 0 Å². The number of aromatic amines is 1. The number of carbonyl (C=O) groups is 1. The first kappa shape index (κ1) is 22.4. The Hall–Kier alpha value is -5.06. The summed E-state index contributed by atoms with van der Waals surface area (Å²) in [5.74, 6) is 0.662. The van der Waals surface area contributed by atoms with E-state index in [9.17, 15) is 14.0 Å². The fraction of sp³-hybridized carbons (Fsp3) is 0.115. The van der Waals surface area contributed by atoms with Gasteiger partial charge in [0.1, 0.15) is 22.9 Å². The Morgan fingerprint density at radius 3 is 2.68 bits per heavy atom. The minimum atomic E-state index is -0.692. The number of ether oxygens (including phenoxy) is 1. The summed E-state index contributed by atoms with van der Waals surface area (Å²) in [6.07, 6.45) is 4.70. The molecular formula is C26H20FN7O3. The summed E-state index contributed by atoms with van der Waals surface area (Å²) < 4.78 is 22.3. The normalized spacial score (nSPS) is 12.9. The second-order valence-corrected chi connectivity index (χ2v) is 8.55. The first-order valence-corrected chi connectivity index (χ1v) is 11.6. The number of nitrogens with one attached hydrogen (secondary N) is 3. The third-order valence-electron chi connectivity index (χ3n) is 5.82. The minimum Gasteiger partial charge on any atom is -0.455 e. The van der Waals surface area contributed by atoms with Crippen LogP contribution in [0.5, 0.6) is 11.5 Å². The van der Waals surface area contributed by atoms with E-state index in [0.29, 0.717) is 23.0 Å². The number of nitrogens with zero attached hydrogens (tertiary/aromatic N) is 4. The number of benzene rings is 2. The molecule has 2 aromatic carbocycles. The lowest BCUT2D eigenvalue weighted by molar-refractivity contribution is 0.262. The third-order valence-corrected chi connectivity index (χ3v) is 5.82. The van der Waals surface area contributed by atoms with E-state index in [2.05, 4.69) is 30.7 Å². The molecule has 6 rings (SSSR count). The molecule has 0 atom stereocenters. The average molecular weight is 497 g/mol. The zero-order chi connectivity index (χ0) is 25.4. The minimum absolute atomic E-state index is 0.0277. The number of carbonyl (C=O) groups excluding carboxylic acids is 1. The fourth-order valence-electron chi connectivity index (χ4n) is 3.90. The second-order valence-electron chi connectivity index (χ2n) is 8.55. The molecule has 5 aromatic rings. The van der Waals surface area contributed by atoms with E-state index in [-0.39, 0.29) is 17.1 Å². The van der Waals surface area contributed by atoms with Gasteiger partial charge in [0.25, 0.3) is 5.56 Å². The highest BCUT2D eigenvalue weighted by atomic mass is 19.1. The van der Waals surface area contributed by atoms with Gasteiger partial charge in [-0.3, -0.25) is 10.1 Å². The topological polar surface area (TPSA) is 127 Å². The van der Waals surface area contributed by atoms with Crippen LogP contribution in [0.3, 0.4) is 0 Å². The lowest BCUT2D eigenvalue weighted by Gasteiger charge is -2.12. The molecule has 3 heterocycles. The summed E-state index contributed by atoms with van der Waals surface area (Å²) in [7, 11) is 0. The lowest BCUT2D eigenvalue weighted by Crippen LogP contribution is -2.21. The molecule has 3 aromatic heterocycles. The molecule has 1 aliphatic carbocycles. The Balaban J connectivity index is 1.19. The Morgan fingerprint density at radius 1 is 1.05 bits per heavy atom. The maximum absolute atomic E-state index is 14.9. The van der Waals surface area contributed by atoms with Crippen LogP contribution in [-0.4, -0.2) is 30.8 Å². The zero-order valence-corrected chi connectivity index (χ0v) is 19.3. The standard InChI is InChI=1S/C26H20FN7O3/c27-18-12-17(37-21-10-11-28-25-24(21)29-14-23(35)32-25)8-9-19(18)30-26(36)31-22-13-20(15-6-7-15)33-34(22)16-4-2-1-3-5-16/h1-5,8-15H,6-7H2,(H,28,32,35)(H2,30,31,36). The number of hydrogen-bond acceptors (Lipinski definition) is 6. The molecule has 0 aliphatic heterocycles. The molecule has 0 unspecified atom stereocenters. The number of halogens is 1. The van der Waals surface area contributed by atoms with Gasteiger partial charge >= 0.3 is 6.03 Å². The Labute approximate surface area is 209 Å². The SMILES string of the molecule is O=C(Nc1ccc(Oc2ccnc3[nH]c(=O)cnc23)cc1F)Nc1cc(C2CC2)nn1-c1ccccc1. The molecule has 1 saturated carbocycles. The molecule has 0 bridgehead atoms. The maximum atomic E-state index is 14.9. The van der Waals surface area contributed by atoms with Gasteiger partial charge in [-0.2, -0.15) is 5.10 Å². The monoisotopic (exact) mass is 497 g/mol. The molecule has 1 fully saturated rings. The highest BCUT2D eigenvalue weighted by molar-refractivity contribution is 5.99.